The van der Waals surface area contributed by atoms with Gasteiger partial charge < -0.3 is 5.32 Å². The van der Waals surface area contributed by atoms with Gasteiger partial charge in [0.25, 0.3) is 0 Å². The van der Waals surface area contributed by atoms with Gasteiger partial charge in [-0.1, -0.05) is 6.92 Å². The van der Waals surface area contributed by atoms with Crippen LogP contribution in [-0.2, 0) is 6.42 Å². The van der Waals surface area contributed by atoms with Crippen LogP contribution >= 0.6 is 15.9 Å². The van der Waals surface area contributed by atoms with Gasteiger partial charge in [-0.15, -0.1) is 0 Å². The topological polar surface area (TPSA) is 29.9 Å². The molecule has 1 fully saturated rings. The fraction of sp³-hybridized carbons (Fsp3) is 0.700. The molecule has 4 heteroatoms. The molecule has 1 saturated heterocycles. The van der Waals surface area contributed by atoms with E-state index in [1.165, 1.54) is 18.5 Å². The van der Waals surface area contributed by atoms with E-state index in [-0.39, 0.29) is 0 Å². The van der Waals surface area contributed by atoms with E-state index in [1.807, 2.05) is 6.20 Å². The van der Waals surface area contributed by atoms with E-state index in [4.69, 9.17) is 0 Å². The van der Waals surface area contributed by atoms with Crippen molar-refractivity contribution in [3.05, 3.63) is 16.4 Å². The summed E-state index contributed by atoms with van der Waals surface area (Å²) in [5.41, 5.74) is 1.32. The Morgan fingerprint density at radius 2 is 2.57 bits per heavy atom. The number of halogens is 1. The summed E-state index contributed by atoms with van der Waals surface area (Å²) in [5.74, 6) is 0. The molecule has 1 aromatic heterocycles. The molecular weight excluding hydrogens is 242 g/mol. The zero-order valence-electron chi connectivity index (χ0n) is 8.46. The minimum Gasteiger partial charge on any atom is -0.315 e. The Morgan fingerprint density at radius 1 is 1.71 bits per heavy atom. The van der Waals surface area contributed by atoms with Crippen LogP contribution in [0.3, 0.4) is 0 Å². The molecule has 0 saturated carbocycles. The lowest BCUT2D eigenvalue weighted by atomic mass is 10.1. The summed E-state index contributed by atoms with van der Waals surface area (Å²) >= 11 is 3.54. The summed E-state index contributed by atoms with van der Waals surface area (Å²) in [6.07, 6.45) is 5.45. The Labute approximate surface area is 93.0 Å². The first-order chi connectivity index (χ1) is 6.83. The van der Waals surface area contributed by atoms with Crippen LogP contribution in [0.2, 0.25) is 0 Å². The summed E-state index contributed by atoms with van der Waals surface area (Å²) in [6.45, 7) is 4.38. The smallest absolute Gasteiger partial charge is 0.0647 e. The minimum absolute atomic E-state index is 0.546. The van der Waals surface area contributed by atoms with E-state index >= 15 is 0 Å². The second kappa shape index (κ2) is 4.45. The lowest BCUT2D eigenvalue weighted by Crippen LogP contribution is -2.32. The van der Waals surface area contributed by atoms with Gasteiger partial charge in [0.05, 0.1) is 22.4 Å². The van der Waals surface area contributed by atoms with Crippen LogP contribution in [0.25, 0.3) is 0 Å². The van der Waals surface area contributed by atoms with Crippen molar-refractivity contribution in [2.75, 3.05) is 13.1 Å². The molecule has 1 aliphatic rings. The fourth-order valence-corrected chi connectivity index (χ4v) is 2.61. The molecule has 2 heterocycles. The summed E-state index contributed by atoms with van der Waals surface area (Å²) < 4.78 is 3.32. The zero-order chi connectivity index (χ0) is 9.97. The van der Waals surface area contributed by atoms with E-state index in [2.05, 4.69) is 38.0 Å². The van der Waals surface area contributed by atoms with Crippen molar-refractivity contribution >= 4 is 15.9 Å². The molecule has 0 bridgehead atoms. The molecule has 0 aromatic carbocycles. The van der Waals surface area contributed by atoms with Crippen LogP contribution < -0.4 is 5.32 Å². The highest BCUT2D eigenvalue weighted by Gasteiger charge is 2.18. The second-order valence-electron chi connectivity index (χ2n) is 3.74. The summed E-state index contributed by atoms with van der Waals surface area (Å²) in [7, 11) is 0. The molecule has 1 atom stereocenters. The summed E-state index contributed by atoms with van der Waals surface area (Å²) in [5, 5.41) is 7.86. The van der Waals surface area contributed by atoms with Gasteiger partial charge in [0, 0.05) is 6.54 Å². The van der Waals surface area contributed by atoms with Crippen LogP contribution in [0.4, 0.5) is 0 Å². The average Bonchev–Trinajstić information content (AvgIpc) is 2.61. The first-order valence-electron chi connectivity index (χ1n) is 5.25. The van der Waals surface area contributed by atoms with Crippen LogP contribution in [0.5, 0.6) is 0 Å². The molecule has 0 aliphatic carbocycles. The van der Waals surface area contributed by atoms with Crippen LogP contribution in [0, 0.1) is 0 Å². The van der Waals surface area contributed by atoms with Gasteiger partial charge in [-0.3, -0.25) is 4.68 Å². The lowest BCUT2D eigenvalue weighted by molar-refractivity contribution is 0.339. The molecule has 1 aliphatic heterocycles. The quantitative estimate of drug-likeness (QED) is 0.880. The lowest BCUT2D eigenvalue weighted by Gasteiger charge is -2.24. The molecule has 1 aromatic rings. The molecule has 3 nitrogen and oxygen atoms in total. The van der Waals surface area contributed by atoms with Gasteiger partial charge in [-0.25, -0.2) is 0 Å². The Hall–Kier alpha value is -0.350. The molecular formula is C10H16BrN3. The van der Waals surface area contributed by atoms with E-state index in [1.54, 1.807) is 0 Å². The maximum absolute atomic E-state index is 4.44. The standard InChI is InChI=1S/C10H16BrN3/c1-2-10-9(11)7-13-14(10)8-4-3-5-12-6-8/h7-8,12H,2-6H2,1H3. The third kappa shape index (κ3) is 1.86. The number of aromatic nitrogens is 2. The third-order valence-electron chi connectivity index (χ3n) is 2.80. The Kier molecular flexibility index (Phi) is 3.23. The summed E-state index contributed by atoms with van der Waals surface area (Å²) in [4.78, 5) is 0. The van der Waals surface area contributed by atoms with Gasteiger partial charge in [0.1, 0.15) is 0 Å². The molecule has 14 heavy (non-hydrogen) atoms. The minimum atomic E-state index is 0.546. The van der Waals surface area contributed by atoms with Gasteiger partial charge in [0.2, 0.25) is 0 Å². The number of piperidine rings is 1. The van der Waals surface area contributed by atoms with Crippen LogP contribution in [-0.4, -0.2) is 22.9 Å². The van der Waals surface area contributed by atoms with Crippen molar-refractivity contribution in [1.82, 2.24) is 15.1 Å². The molecule has 0 amide bonds. The highest BCUT2D eigenvalue weighted by Crippen LogP contribution is 2.23. The molecule has 0 radical (unpaired) electrons. The number of hydrogen-bond donors (Lipinski definition) is 1. The predicted molar refractivity (Wildman–Crippen MR) is 60.4 cm³/mol. The van der Waals surface area contributed by atoms with E-state index in [0.717, 1.165) is 24.0 Å². The van der Waals surface area contributed by atoms with Crippen molar-refractivity contribution in [2.24, 2.45) is 0 Å². The molecule has 1 N–H and O–H groups in total. The molecule has 78 valence electrons. The third-order valence-corrected chi connectivity index (χ3v) is 3.46. The molecule has 2 rings (SSSR count). The van der Waals surface area contributed by atoms with Crippen molar-refractivity contribution in [1.29, 1.82) is 0 Å². The first kappa shape index (κ1) is 10.2. The maximum Gasteiger partial charge on any atom is 0.0647 e. The van der Waals surface area contributed by atoms with E-state index in [9.17, 15) is 0 Å². The Bertz CT molecular complexity index is 302. The van der Waals surface area contributed by atoms with Crippen molar-refractivity contribution in [3.8, 4) is 0 Å². The van der Waals surface area contributed by atoms with Crippen LogP contribution in [0.1, 0.15) is 31.5 Å². The number of nitrogens with one attached hydrogen (secondary N) is 1. The maximum atomic E-state index is 4.44. The summed E-state index contributed by atoms with van der Waals surface area (Å²) in [6, 6.07) is 0.546. The van der Waals surface area contributed by atoms with Crippen molar-refractivity contribution in [3.63, 3.8) is 0 Å². The van der Waals surface area contributed by atoms with Gasteiger partial charge in [-0.2, -0.15) is 5.10 Å². The Balaban J connectivity index is 2.21. The fourth-order valence-electron chi connectivity index (χ4n) is 2.05. The highest BCUT2D eigenvalue weighted by molar-refractivity contribution is 9.10. The number of rotatable bonds is 2. The van der Waals surface area contributed by atoms with Gasteiger partial charge in [0.15, 0.2) is 0 Å². The van der Waals surface area contributed by atoms with Crippen LogP contribution in [0.15, 0.2) is 10.7 Å². The van der Waals surface area contributed by atoms with E-state index in [0.29, 0.717) is 6.04 Å². The second-order valence-corrected chi connectivity index (χ2v) is 4.59. The number of nitrogens with zero attached hydrogens (tertiary/aromatic N) is 2. The number of hydrogen-bond acceptors (Lipinski definition) is 2. The largest absolute Gasteiger partial charge is 0.315 e. The zero-order valence-corrected chi connectivity index (χ0v) is 10.0. The van der Waals surface area contributed by atoms with Gasteiger partial charge in [-0.05, 0) is 41.7 Å². The van der Waals surface area contributed by atoms with Gasteiger partial charge >= 0.3 is 0 Å². The predicted octanol–water partition coefficient (Wildman–Crippen LogP) is 2.13. The monoisotopic (exact) mass is 257 g/mol. The highest BCUT2D eigenvalue weighted by atomic mass is 79.9. The first-order valence-corrected chi connectivity index (χ1v) is 6.04. The molecule has 0 spiro atoms. The van der Waals surface area contributed by atoms with Crippen molar-refractivity contribution < 1.29 is 0 Å². The normalized spacial score (nSPS) is 22.6. The van der Waals surface area contributed by atoms with Crippen molar-refractivity contribution in [2.45, 2.75) is 32.2 Å². The Morgan fingerprint density at radius 3 is 3.21 bits per heavy atom. The molecule has 1 unspecified atom stereocenters. The SMILES string of the molecule is CCc1c(Br)cnn1C1CCCNC1. The average molecular weight is 258 g/mol. The van der Waals surface area contributed by atoms with E-state index < -0.39 is 0 Å².